The maximum absolute atomic E-state index is 2.30. The van der Waals surface area contributed by atoms with Crippen LogP contribution in [-0.2, 0) is 0 Å². The van der Waals surface area contributed by atoms with Crippen molar-refractivity contribution in [2.24, 2.45) is 11.8 Å². The molecule has 1 aliphatic carbocycles. The molecule has 0 N–H and O–H groups in total. The SMILES string of the molecule is CC1CC=C[C@H]1C. The second kappa shape index (κ2) is 1.69. The van der Waals surface area contributed by atoms with Crippen LogP contribution in [0.1, 0.15) is 20.3 Å². The standard InChI is InChI=1S/C7H12/c1-6-4-3-5-7(6)2/h3-4,6-7H,5H2,1-2H3/t6-,7?/m1/s1. The lowest BCUT2D eigenvalue weighted by Gasteiger charge is -2.04. The highest BCUT2D eigenvalue weighted by Gasteiger charge is 2.11. The van der Waals surface area contributed by atoms with E-state index in [1.807, 2.05) is 0 Å². The van der Waals surface area contributed by atoms with Crippen molar-refractivity contribution in [1.82, 2.24) is 0 Å². The van der Waals surface area contributed by atoms with Crippen molar-refractivity contribution in [1.29, 1.82) is 0 Å². The smallest absolute Gasteiger partial charge is 0.0233 e. The minimum atomic E-state index is 0.833. The van der Waals surface area contributed by atoms with Crippen molar-refractivity contribution in [2.75, 3.05) is 0 Å². The molecule has 0 spiro atoms. The van der Waals surface area contributed by atoms with Gasteiger partial charge in [-0.15, -0.1) is 0 Å². The zero-order valence-electron chi connectivity index (χ0n) is 5.02. The average Bonchev–Trinajstić information content (AvgIpc) is 1.91. The fourth-order valence-electron chi connectivity index (χ4n) is 0.912. The van der Waals surface area contributed by atoms with Crippen LogP contribution < -0.4 is 0 Å². The molecule has 2 atom stereocenters. The Bertz CT molecular complexity index is 82.0. The Morgan fingerprint density at radius 3 is 2.29 bits per heavy atom. The summed E-state index contributed by atoms with van der Waals surface area (Å²) in [4.78, 5) is 0. The van der Waals surface area contributed by atoms with E-state index < -0.39 is 0 Å². The third-order valence-corrected chi connectivity index (χ3v) is 1.85. The molecule has 0 nitrogen and oxygen atoms in total. The van der Waals surface area contributed by atoms with Gasteiger partial charge in [-0.1, -0.05) is 26.0 Å². The van der Waals surface area contributed by atoms with Gasteiger partial charge >= 0.3 is 0 Å². The van der Waals surface area contributed by atoms with Gasteiger partial charge in [0.2, 0.25) is 0 Å². The van der Waals surface area contributed by atoms with Gasteiger partial charge in [-0.25, -0.2) is 0 Å². The molecule has 1 aliphatic rings. The van der Waals surface area contributed by atoms with E-state index in [0.29, 0.717) is 0 Å². The highest BCUT2D eigenvalue weighted by Crippen LogP contribution is 2.22. The monoisotopic (exact) mass is 96.1 g/mol. The van der Waals surface area contributed by atoms with Gasteiger partial charge in [-0.05, 0) is 18.3 Å². The zero-order valence-corrected chi connectivity index (χ0v) is 5.02. The summed E-state index contributed by atoms with van der Waals surface area (Å²) in [6.07, 6.45) is 5.86. The molecule has 0 radical (unpaired) electrons. The van der Waals surface area contributed by atoms with E-state index in [4.69, 9.17) is 0 Å². The Kier molecular flexibility index (Phi) is 1.18. The molecular formula is C7H12. The van der Waals surface area contributed by atoms with Crippen LogP contribution in [0.3, 0.4) is 0 Å². The second-order valence-electron chi connectivity index (χ2n) is 2.50. The Labute approximate surface area is 45.2 Å². The van der Waals surface area contributed by atoms with Crippen molar-refractivity contribution in [2.45, 2.75) is 20.3 Å². The van der Waals surface area contributed by atoms with E-state index in [-0.39, 0.29) is 0 Å². The molecule has 0 aliphatic heterocycles. The Balaban J connectivity index is 2.45. The van der Waals surface area contributed by atoms with Crippen LogP contribution in [0.25, 0.3) is 0 Å². The van der Waals surface area contributed by atoms with Gasteiger partial charge in [0.25, 0.3) is 0 Å². The number of allylic oxidation sites excluding steroid dienone is 2. The quantitative estimate of drug-likeness (QED) is 0.406. The molecule has 0 heteroatoms. The van der Waals surface area contributed by atoms with Gasteiger partial charge in [0.15, 0.2) is 0 Å². The Hall–Kier alpha value is -0.260. The lowest BCUT2D eigenvalue weighted by molar-refractivity contribution is 0.498. The molecule has 7 heavy (non-hydrogen) atoms. The third-order valence-electron chi connectivity index (χ3n) is 1.85. The molecule has 0 fully saturated rings. The maximum Gasteiger partial charge on any atom is -0.0233 e. The fourth-order valence-corrected chi connectivity index (χ4v) is 0.912. The lowest BCUT2D eigenvalue weighted by Crippen LogP contribution is -1.96. The molecule has 0 bridgehead atoms. The highest BCUT2D eigenvalue weighted by atomic mass is 14.2. The molecule has 0 aromatic rings. The molecule has 1 rings (SSSR count). The summed E-state index contributed by atoms with van der Waals surface area (Å²) in [6.45, 7) is 4.57. The summed E-state index contributed by atoms with van der Waals surface area (Å²) < 4.78 is 0. The van der Waals surface area contributed by atoms with Gasteiger partial charge in [-0.3, -0.25) is 0 Å². The third kappa shape index (κ3) is 0.846. The summed E-state index contributed by atoms with van der Waals surface area (Å²) in [6, 6.07) is 0. The number of hydrogen-bond acceptors (Lipinski definition) is 0. The predicted molar refractivity (Wildman–Crippen MR) is 32.1 cm³/mol. The molecule has 1 unspecified atom stereocenters. The Morgan fingerprint density at radius 1 is 1.43 bits per heavy atom. The minimum absolute atomic E-state index is 0.833. The Morgan fingerprint density at radius 2 is 2.14 bits per heavy atom. The zero-order chi connectivity index (χ0) is 5.28. The van der Waals surface area contributed by atoms with Crippen LogP contribution in [-0.4, -0.2) is 0 Å². The molecule has 0 aromatic carbocycles. The molecule has 0 saturated heterocycles. The normalized spacial score (nSPS) is 39.7. The number of hydrogen-bond donors (Lipinski definition) is 0. The molecule has 0 heterocycles. The molecular weight excluding hydrogens is 84.1 g/mol. The van der Waals surface area contributed by atoms with E-state index in [9.17, 15) is 0 Å². The molecule has 0 aromatic heterocycles. The topological polar surface area (TPSA) is 0 Å². The van der Waals surface area contributed by atoms with Gasteiger partial charge < -0.3 is 0 Å². The van der Waals surface area contributed by atoms with Gasteiger partial charge in [0.05, 0.1) is 0 Å². The lowest BCUT2D eigenvalue weighted by atomic mass is 10.0. The fraction of sp³-hybridized carbons (Fsp3) is 0.714. The molecule has 40 valence electrons. The van der Waals surface area contributed by atoms with E-state index in [0.717, 1.165) is 11.8 Å². The number of rotatable bonds is 0. The maximum atomic E-state index is 2.30. The average molecular weight is 96.2 g/mol. The first kappa shape index (κ1) is 4.89. The van der Waals surface area contributed by atoms with Crippen molar-refractivity contribution in [3.05, 3.63) is 12.2 Å². The van der Waals surface area contributed by atoms with Gasteiger partial charge in [0, 0.05) is 0 Å². The van der Waals surface area contributed by atoms with E-state index >= 15 is 0 Å². The van der Waals surface area contributed by atoms with Crippen LogP contribution >= 0.6 is 0 Å². The summed E-state index contributed by atoms with van der Waals surface area (Å²) in [5.74, 6) is 1.74. The van der Waals surface area contributed by atoms with Crippen LogP contribution in [0.4, 0.5) is 0 Å². The second-order valence-corrected chi connectivity index (χ2v) is 2.50. The van der Waals surface area contributed by atoms with Crippen molar-refractivity contribution < 1.29 is 0 Å². The van der Waals surface area contributed by atoms with Crippen LogP contribution in [0, 0.1) is 11.8 Å². The largest absolute Gasteiger partial charge is 0.0880 e. The van der Waals surface area contributed by atoms with Gasteiger partial charge in [0.1, 0.15) is 0 Å². The van der Waals surface area contributed by atoms with Crippen LogP contribution in [0.2, 0.25) is 0 Å². The highest BCUT2D eigenvalue weighted by molar-refractivity contribution is 4.97. The molecule has 0 saturated carbocycles. The summed E-state index contributed by atoms with van der Waals surface area (Å²) in [5.41, 5.74) is 0. The van der Waals surface area contributed by atoms with Gasteiger partial charge in [-0.2, -0.15) is 0 Å². The first-order chi connectivity index (χ1) is 3.30. The molecule has 0 amide bonds. The van der Waals surface area contributed by atoms with Crippen molar-refractivity contribution >= 4 is 0 Å². The predicted octanol–water partition coefficient (Wildman–Crippen LogP) is 2.22. The van der Waals surface area contributed by atoms with Crippen molar-refractivity contribution in [3.63, 3.8) is 0 Å². The van der Waals surface area contributed by atoms with E-state index in [1.165, 1.54) is 6.42 Å². The van der Waals surface area contributed by atoms with Crippen LogP contribution in [0.5, 0.6) is 0 Å². The van der Waals surface area contributed by atoms with Crippen LogP contribution in [0.15, 0.2) is 12.2 Å². The summed E-state index contributed by atoms with van der Waals surface area (Å²) >= 11 is 0. The van der Waals surface area contributed by atoms with E-state index in [1.54, 1.807) is 0 Å². The summed E-state index contributed by atoms with van der Waals surface area (Å²) in [5, 5.41) is 0. The first-order valence-electron chi connectivity index (χ1n) is 2.97. The summed E-state index contributed by atoms with van der Waals surface area (Å²) in [7, 11) is 0. The minimum Gasteiger partial charge on any atom is -0.0880 e. The van der Waals surface area contributed by atoms with E-state index in [2.05, 4.69) is 26.0 Å². The van der Waals surface area contributed by atoms with Crippen molar-refractivity contribution in [3.8, 4) is 0 Å². The first-order valence-corrected chi connectivity index (χ1v) is 2.97.